The van der Waals surface area contributed by atoms with Gasteiger partial charge >= 0.3 is 11.9 Å². The van der Waals surface area contributed by atoms with Gasteiger partial charge in [-0.25, -0.2) is 0 Å². The summed E-state index contributed by atoms with van der Waals surface area (Å²) in [6.45, 7) is 17.2. The van der Waals surface area contributed by atoms with Gasteiger partial charge in [-0.15, -0.1) is 0 Å². The third kappa shape index (κ3) is 16.0. The van der Waals surface area contributed by atoms with Crippen LogP contribution in [0.4, 0.5) is 4.79 Å². The zero-order chi connectivity index (χ0) is 44.3. The van der Waals surface area contributed by atoms with Crippen LogP contribution in [0.5, 0.6) is 0 Å². The Bertz CT molecular complexity index is 1380. The van der Waals surface area contributed by atoms with E-state index in [4.69, 9.17) is 9.47 Å². The molecule has 4 aliphatic carbocycles. The fraction of sp³-hybridized carbons (Fsp3) is 0.868. The fourth-order valence-electron chi connectivity index (χ4n) is 12.4. The number of nitrogens with zero attached hydrogens (tertiary/aromatic N) is 2. The first-order valence-electron chi connectivity index (χ1n) is 25.6. The molecule has 0 spiro atoms. The van der Waals surface area contributed by atoms with Gasteiger partial charge in [-0.05, 0) is 149 Å². The molecule has 8 atom stereocenters. The van der Waals surface area contributed by atoms with E-state index in [0.717, 1.165) is 99.7 Å². The Morgan fingerprint density at radius 3 is 2.31 bits per heavy atom. The third-order valence-electron chi connectivity index (χ3n) is 15.9. The molecule has 0 unspecified atom stereocenters. The lowest BCUT2D eigenvalue weighted by molar-refractivity contribution is -0.150. The molecule has 0 bridgehead atoms. The van der Waals surface area contributed by atoms with Crippen molar-refractivity contribution in [3.05, 3.63) is 23.8 Å². The largest absolute Gasteiger partial charge is 0.461 e. The van der Waals surface area contributed by atoms with E-state index in [0.29, 0.717) is 50.3 Å². The Balaban J connectivity index is 1.20. The van der Waals surface area contributed by atoms with Crippen LogP contribution >= 0.6 is 11.8 Å². The maximum absolute atomic E-state index is 13.5. The van der Waals surface area contributed by atoms with Gasteiger partial charge in [0.05, 0.1) is 0 Å². The highest BCUT2D eigenvalue weighted by molar-refractivity contribution is 8.13. The van der Waals surface area contributed by atoms with Crippen molar-refractivity contribution in [2.75, 3.05) is 46.1 Å². The highest BCUT2D eigenvalue weighted by Crippen LogP contribution is 2.67. The molecule has 0 radical (unpaired) electrons. The summed E-state index contributed by atoms with van der Waals surface area (Å²) in [5.41, 5.74) is 2.04. The highest BCUT2D eigenvalue weighted by atomic mass is 32.2. The van der Waals surface area contributed by atoms with Gasteiger partial charge in [0.15, 0.2) is 0 Å². The van der Waals surface area contributed by atoms with Crippen molar-refractivity contribution in [3.63, 3.8) is 0 Å². The number of unbranched alkanes of at least 4 members (excludes halogenated alkanes) is 8. The van der Waals surface area contributed by atoms with Crippen LogP contribution in [0.2, 0.25) is 0 Å². The number of fused-ring (bicyclic) bond motifs is 5. The van der Waals surface area contributed by atoms with Gasteiger partial charge in [-0.2, -0.15) is 0 Å². The van der Waals surface area contributed by atoms with Gasteiger partial charge in [-0.3, -0.25) is 14.4 Å². The maximum atomic E-state index is 13.5. The van der Waals surface area contributed by atoms with Gasteiger partial charge < -0.3 is 19.3 Å². The number of rotatable bonds is 28. The Hall–Kier alpha value is -1.80. The lowest BCUT2D eigenvalue weighted by atomic mass is 9.46. The number of hydrogen-bond donors (Lipinski definition) is 0. The molecule has 0 heterocycles. The molecule has 3 saturated carbocycles. The minimum absolute atomic E-state index is 0.0964. The van der Waals surface area contributed by atoms with Crippen LogP contribution in [-0.4, -0.2) is 79.2 Å². The molecular formula is C53H92N2O5S. The summed E-state index contributed by atoms with van der Waals surface area (Å²) in [4.78, 5) is 43.1. The standard InChI is InChI=1S/C53H92N2O5S/c1-9-10-11-12-13-17-20-39-59-49(56)27-18-15-14-16-19-36-55(51(58)61-40-38-54(7)8)37-23-28-50(57)60-48-26-22-34-52(5)46-33-35-53(6)44(42(4)25-21-24-41(2)3)31-32-45(53)43(46)29-30-47(48)52/h17,20,30,41-46,48H,9-16,18-19,21-29,31-40H2,1-8H3/b20-17-/t42-,43+,44-,45+,46+,48+,52-,53-/m1/s1. The van der Waals surface area contributed by atoms with Crippen LogP contribution in [0, 0.1) is 46.3 Å². The van der Waals surface area contributed by atoms with Crippen molar-refractivity contribution in [3.8, 4) is 0 Å². The molecule has 0 aliphatic heterocycles. The normalized spacial score (nSPS) is 27.7. The summed E-state index contributed by atoms with van der Waals surface area (Å²) < 4.78 is 11.8. The second-order valence-corrected chi connectivity index (χ2v) is 22.2. The van der Waals surface area contributed by atoms with Crippen LogP contribution in [0.25, 0.3) is 0 Å². The Labute approximate surface area is 379 Å². The molecule has 61 heavy (non-hydrogen) atoms. The molecule has 0 saturated heterocycles. The molecular weight excluding hydrogens is 777 g/mol. The minimum atomic E-state index is -0.117. The second-order valence-electron chi connectivity index (χ2n) is 21.1. The smallest absolute Gasteiger partial charge is 0.306 e. The van der Waals surface area contributed by atoms with E-state index in [1.165, 1.54) is 94.4 Å². The molecule has 4 rings (SSSR count). The van der Waals surface area contributed by atoms with Gasteiger partial charge in [-0.1, -0.05) is 129 Å². The average Bonchev–Trinajstić information content (AvgIpc) is 3.57. The molecule has 8 heteroatoms. The number of thioether (sulfide) groups is 1. The Kier molecular flexibility index (Phi) is 22.8. The summed E-state index contributed by atoms with van der Waals surface area (Å²) in [5, 5.41) is 0.107. The van der Waals surface area contributed by atoms with E-state index >= 15 is 0 Å². The quantitative estimate of drug-likeness (QED) is 0.0440. The summed E-state index contributed by atoms with van der Waals surface area (Å²) >= 11 is 1.39. The first kappa shape index (κ1) is 51.8. The van der Waals surface area contributed by atoms with Gasteiger partial charge in [0, 0.05) is 38.2 Å². The molecule has 0 aromatic carbocycles. The predicted molar refractivity (Wildman–Crippen MR) is 257 cm³/mol. The molecule has 0 aromatic rings. The summed E-state index contributed by atoms with van der Waals surface area (Å²) in [6, 6.07) is 0. The van der Waals surface area contributed by atoms with Crippen LogP contribution in [0.15, 0.2) is 23.8 Å². The lowest BCUT2D eigenvalue weighted by Crippen LogP contribution is -2.52. The number of esters is 2. The lowest BCUT2D eigenvalue weighted by Gasteiger charge is -2.58. The van der Waals surface area contributed by atoms with Crippen LogP contribution < -0.4 is 0 Å². The van der Waals surface area contributed by atoms with Crippen LogP contribution in [0.1, 0.15) is 196 Å². The first-order valence-corrected chi connectivity index (χ1v) is 26.6. The predicted octanol–water partition coefficient (Wildman–Crippen LogP) is 13.8. The van der Waals surface area contributed by atoms with Crippen molar-refractivity contribution < 1.29 is 23.9 Å². The Morgan fingerprint density at radius 2 is 1.54 bits per heavy atom. The highest BCUT2D eigenvalue weighted by Gasteiger charge is 2.59. The van der Waals surface area contributed by atoms with E-state index in [9.17, 15) is 14.4 Å². The van der Waals surface area contributed by atoms with E-state index in [2.05, 4.69) is 58.6 Å². The van der Waals surface area contributed by atoms with Crippen molar-refractivity contribution in [2.24, 2.45) is 46.3 Å². The van der Waals surface area contributed by atoms with Crippen molar-refractivity contribution in [2.45, 2.75) is 202 Å². The molecule has 7 nitrogen and oxygen atoms in total. The summed E-state index contributed by atoms with van der Waals surface area (Å²) in [5.74, 6) is 5.31. The number of amides is 1. The maximum Gasteiger partial charge on any atom is 0.306 e. The van der Waals surface area contributed by atoms with Gasteiger partial charge in [0.25, 0.3) is 5.24 Å². The SMILES string of the molecule is CCCCCC/C=C\COC(=O)CCCCCCCN(CCCC(=O)O[C@H]1CCC[C@@]2(C)C1=CC[C@H]1[C@@H]3CC[C@H]([C@H](C)CCCC(C)C)[C@@]3(C)CC[C@@H]12)C(=O)SCCN(C)C. The molecule has 0 N–H and O–H groups in total. The second kappa shape index (κ2) is 26.9. The number of allylic oxidation sites excluding steroid dienone is 2. The van der Waals surface area contributed by atoms with Crippen molar-refractivity contribution in [1.82, 2.24) is 9.80 Å². The monoisotopic (exact) mass is 869 g/mol. The topological polar surface area (TPSA) is 76.1 Å². The number of carbonyl (C=O) groups excluding carboxylic acids is 3. The van der Waals surface area contributed by atoms with E-state index in [1.807, 2.05) is 25.1 Å². The first-order chi connectivity index (χ1) is 29.3. The van der Waals surface area contributed by atoms with Gasteiger partial charge in [0.1, 0.15) is 12.7 Å². The molecule has 1 amide bonds. The zero-order valence-electron chi connectivity index (χ0n) is 40.6. The molecule has 4 aliphatic rings. The number of carbonyl (C=O) groups is 3. The molecule has 3 fully saturated rings. The summed E-state index contributed by atoms with van der Waals surface area (Å²) in [6.07, 6.45) is 32.9. The van der Waals surface area contributed by atoms with Crippen LogP contribution in [0.3, 0.4) is 0 Å². The van der Waals surface area contributed by atoms with Crippen molar-refractivity contribution >= 4 is 28.9 Å². The minimum Gasteiger partial charge on any atom is -0.461 e. The fourth-order valence-corrected chi connectivity index (χ4v) is 13.4. The third-order valence-corrected chi connectivity index (χ3v) is 16.8. The average molecular weight is 869 g/mol. The van der Waals surface area contributed by atoms with Crippen molar-refractivity contribution in [1.29, 1.82) is 0 Å². The zero-order valence-corrected chi connectivity index (χ0v) is 41.4. The molecule has 350 valence electrons. The van der Waals surface area contributed by atoms with Crippen LogP contribution in [-0.2, 0) is 19.1 Å². The Morgan fingerprint density at radius 1 is 0.803 bits per heavy atom. The number of hydrogen-bond acceptors (Lipinski definition) is 7. The van der Waals surface area contributed by atoms with E-state index < -0.39 is 0 Å². The molecule has 0 aromatic heterocycles. The van der Waals surface area contributed by atoms with E-state index in [-0.39, 0.29) is 28.7 Å². The van der Waals surface area contributed by atoms with Gasteiger partial charge in [0.2, 0.25) is 0 Å². The number of ether oxygens (including phenoxy) is 2. The summed E-state index contributed by atoms with van der Waals surface area (Å²) in [7, 11) is 4.06. The van der Waals surface area contributed by atoms with E-state index in [1.54, 1.807) is 0 Å².